The summed E-state index contributed by atoms with van der Waals surface area (Å²) < 4.78 is 0. The van der Waals surface area contributed by atoms with E-state index in [0.717, 1.165) is 17.5 Å². The molecule has 0 heterocycles. The molecule has 1 aromatic rings. The van der Waals surface area contributed by atoms with Gasteiger partial charge < -0.3 is 16.2 Å². The zero-order valence-corrected chi connectivity index (χ0v) is 10.9. The summed E-state index contributed by atoms with van der Waals surface area (Å²) in [5, 5.41) is 11.9. The standard InChI is InChI=1S/C14H22N2O2/c1-11(17)5-4-8-16-14(18)9-12-6-2-3-7-13(12)10-15/h2-3,6-7,11,17H,4-5,8-10,15H2,1H3,(H,16,18). The summed E-state index contributed by atoms with van der Waals surface area (Å²) in [4.78, 5) is 11.7. The van der Waals surface area contributed by atoms with Crippen molar-refractivity contribution in [1.29, 1.82) is 0 Å². The summed E-state index contributed by atoms with van der Waals surface area (Å²) in [6.45, 7) is 2.80. The van der Waals surface area contributed by atoms with Gasteiger partial charge in [-0.25, -0.2) is 0 Å². The van der Waals surface area contributed by atoms with Crippen molar-refractivity contribution >= 4 is 5.91 Å². The van der Waals surface area contributed by atoms with E-state index in [9.17, 15) is 4.79 Å². The minimum absolute atomic E-state index is 0.00138. The van der Waals surface area contributed by atoms with Gasteiger partial charge in [-0.1, -0.05) is 24.3 Å². The van der Waals surface area contributed by atoms with Crippen molar-refractivity contribution in [2.75, 3.05) is 6.54 Å². The first kappa shape index (κ1) is 14.7. The molecule has 0 bridgehead atoms. The largest absolute Gasteiger partial charge is 0.393 e. The molecule has 0 spiro atoms. The number of hydrogen-bond acceptors (Lipinski definition) is 3. The second kappa shape index (κ2) is 7.84. The van der Waals surface area contributed by atoms with Crippen LogP contribution in [0.2, 0.25) is 0 Å². The Labute approximate surface area is 108 Å². The van der Waals surface area contributed by atoms with Crippen LogP contribution < -0.4 is 11.1 Å². The molecule has 0 saturated heterocycles. The van der Waals surface area contributed by atoms with E-state index in [1.165, 1.54) is 0 Å². The van der Waals surface area contributed by atoms with Gasteiger partial charge in [0.15, 0.2) is 0 Å². The average molecular weight is 250 g/mol. The normalized spacial score (nSPS) is 12.2. The van der Waals surface area contributed by atoms with E-state index < -0.39 is 0 Å². The van der Waals surface area contributed by atoms with Crippen LogP contribution in [0.5, 0.6) is 0 Å². The Kier molecular flexibility index (Phi) is 6.39. The van der Waals surface area contributed by atoms with Gasteiger partial charge in [0.2, 0.25) is 5.91 Å². The number of nitrogens with one attached hydrogen (secondary N) is 1. The fourth-order valence-electron chi connectivity index (χ4n) is 1.79. The minimum atomic E-state index is -0.306. The van der Waals surface area contributed by atoms with Crippen LogP contribution in [0, 0.1) is 0 Å². The summed E-state index contributed by atoms with van der Waals surface area (Å²) in [6, 6.07) is 7.70. The van der Waals surface area contributed by atoms with Gasteiger partial charge in [0.1, 0.15) is 0 Å². The first-order valence-electron chi connectivity index (χ1n) is 6.35. The van der Waals surface area contributed by atoms with E-state index in [2.05, 4.69) is 5.32 Å². The number of rotatable bonds is 7. The van der Waals surface area contributed by atoms with Crippen molar-refractivity contribution in [2.24, 2.45) is 5.73 Å². The molecule has 0 fully saturated rings. The van der Waals surface area contributed by atoms with Crippen LogP contribution in [0.1, 0.15) is 30.9 Å². The molecule has 0 aliphatic carbocycles. The Balaban J connectivity index is 2.35. The zero-order chi connectivity index (χ0) is 13.4. The molecule has 0 radical (unpaired) electrons. The van der Waals surface area contributed by atoms with E-state index in [0.29, 0.717) is 25.9 Å². The number of aliphatic hydroxyl groups excluding tert-OH is 1. The Morgan fingerprint density at radius 2 is 2.06 bits per heavy atom. The lowest BCUT2D eigenvalue weighted by Gasteiger charge is -2.09. The van der Waals surface area contributed by atoms with Crippen molar-refractivity contribution in [3.63, 3.8) is 0 Å². The topological polar surface area (TPSA) is 75.3 Å². The lowest BCUT2D eigenvalue weighted by atomic mass is 10.0. The van der Waals surface area contributed by atoms with Gasteiger partial charge in [-0.15, -0.1) is 0 Å². The lowest BCUT2D eigenvalue weighted by molar-refractivity contribution is -0.120. The fraction of sp³-hybridized carbons (Fsp3) is 0.500. The van der Waals surface area contributed by atoms with Crippen molar-refractivity contribution in [3.05, 3.63) is 35.4 Å². The van der Waals surface area contributed by atoms with Gasteiger partial charge in [-0.3, -0.25) is 4.79 Å². The highest BCUT2D eigenvalue weighted by Crippen LogP contribution is 2.08. The molecule has 100 valence electrons. The van der Waals surface area contributed by atoms with Gasteiger partial charge in [0.05, 0.1) is 12.5 Å². The molecule has 18 heavy (non-hydrogen) atoms. The maximum absolute atomic E-state index is 11.7. The number of benzene rings is 1. The maximum atomic E-state index is 11.7. The van der Waals surface area contributed by atoms with Crippen LogP contribution in [0.25, 0.3) is 0 Å². The molecule has 4 heteroatoms. The van der Waals surface area contributed by atoms with Crippen LogP contribution in [-0.4, -0.2) is 23.7 Å². The van der Waals surface area contributed by atoms with Gasteiger partial charge in [-0.05, 0) is 30.9 Å². The quantitative estimate of drug-likeness (QED) is 0.631. The van der Waals surface area contributed by atoms with E-state index in [1.54, 1.807) is 6.92 Å². The SMILES string of the molecule is CC(O)CCCNC(=O)Cc1ccccc1CN. The minimum Gasteiger partial charge on any atom is -0.393 e. The van der Waals surface area contributed by atoms with Gasteiger partial charge >= 0.3 is 0 Å². The number of carbonyl (C=O) groups is 1. The Hall–Kier alpha value is -1.39. The highest BCUT2D eigenvalue weighted by molar-refractivity contribution is 5.78. The summed E-state index contributed by atoms with van der Waals surface area (Å²) in [7, 11) is 0. The van der Waals surface area contributed by atoms with Crippen molar-refractivity contribution in [1.82, 2.24) is 5.32 Å². The molecule has 0 saturated carbocycles. The third-order valence-electron chi connectivity index (χ3n) is 2.81. The third kappa shape index (κ3) is 5.29. The van der Waals surface area contributed by atoms with Crippen molar-refractivity contribution in [3.8, 4) is 0 Å². The summed E-state index contributed by atoms with van der Waals surface area (Å²) >= 11 is 0. The number of carbonyl (C=O) groups excluding carboxylic acids is 1. The summed E-state index contributed by atoms with van der Waals surface area (Å²) in [5.41, 5.74) is 7.61. The molecule has 0 aliphatic rings. The van der Waals surface area contributed by atoms with Gasteiger partial charge in [0.25, 0.3) is 0 Å². The molecule has 1 atom stereocenters. The lowest BCUT2D eigenvalue weighted by Crippen LogP contribution is -2.27. The average Bonchev–Trinajstić information content (AvgIpc) is 2.35. The van der Waals surface area contributed by atoms with Crippen LogP contribution in [0.15, 0.2) is 24.3 Å². The predicted molar refractivity (Wildman–Crippen MR) is 72.0 cm³/mol. The number of nitrogens with two attached hydrogens (primary N) is 1. The Bertz CT molecular complexity index is 378. The van der Waals surface area contributed by atoms with Gasteiger partial charge in [-0.2, -0.15) is 0 Å². The van der Waals surface area contributed by atoms with Crippen LogP contribution in [0.3, 0.4) is 0 Å². The van der Waals surface area contributed by atoms with Crippen molar-refractivity contribution in [2.45, 2.75) is 38.8 Å². The Morgan fingerprint density at radius 3 is 2.67 bits per heavy atom. The molecular weight excluding hydrogens is 228 g/mol. The van der Waals surface area contributed by atoms with E-state index in [4.69, 9.17) is 10.8 Å². The van der Waals surface area contributed by atoms with Gasteiger partial charge in [0, 0.05) is 13.1 Å². The number of aliphatic hydroxyl groups is 1. The number of hydrogen-bond donors (Lipinski definition) is 3. The smallest absolute Gasteiger partial charge is 0.224 e. The zero-order valence-electron chi connectivity index (χ0n) is 10.9. The molecule has 1 rings (SSSR count). The highest BCUT2D eigenvalue weighted by Gasteiger charge is 2.06. The van der Waals surface area contributed by atoms with E-state index in [-0.39, 0.29) is 12.0 Å². The third-order valence-corrected chi connectivity index (χ3v) is 2.81. The first-order chi connectivity index (χ1) is 8.63. The molecule has 0 aliphatic heterocycles. The van der Waals surface area contributed by atoms with Crippen molar-refractivity contribution < 1.29 is 9.90 Å². The monoisotopic (exact) mass is 250 g/mol. The summed E-state index contributed by atoms with van der Waals surface area (Å²) in [5.74, 6) is 0.00138. The Morgan fingerprint density at radius 1 is 1.39 bits per heavy atom. The molecule has 4 nitrogen and oxygen atoms in total. The highest BCUT2D eigenvalue weighted by atomic mass is 16.3. The molecular formula is C14H22N2O2. The maximum Gasteiger partial charge on any atom is 0.224 e. The van der Waals surface area contributed by atoms with Crippen LogP contribution in [-0.2, 0) is 17.8 Å². The molecule has 1 amide bonds. The molecule has 4 N–H and O–H groups in total. The molecule has 1 unspecified atom stereocenters. The van der Waals surface area contributed by atoms with Crippen LogP contribution in [0.4, 0.5) is 0 Å². The summed E-state index contributed by atoms with van der Waals surface area (Å²) in [6.07, 6.45) is 1.56. The first-order valence-corrected chi connectivity index (χ1v) is 6.35. The second-order valence-corrected chi connectivity index (χ2v) is 4.49. The molecule has 0 aromatic heterocycles. The fourth-order valence-corrected chi connectivity index (χ4v) is 1.79. The van der Waals surface area contributed by atoms with E-state index >= 15 is 0 Å². The number of amides is 1. The van der Waals surface area contributed by atoms with E-state index in [1.807, 2.05) is 24.3 Å². The van der Waals surface area contributed by atoms with Crippen LogP contribution >= 0.6 is 0 Å². The molecule has 1 aromatic carbocycles. The second-order valence-electron chi connectivity index (χ2n) is 4.49. The predicted octanol–water partition coefficient (Wildman–Crippen LogP) is 0.965.